The number of nitrogens with two attached hydrogens (primary N) is 1. The molecular formula is C6H12N4O. The highest BCUT2D eigenvalue weighted by atomic mass is 16.4. The Labute approximate surface area is 65.0 Å². The van der Waals surface area contributed by atoms with Crippen LogP contribution in [0.4, 0.5) is 12.0 Å². The van der Waals surface area contributed by atoms with E-state index in [4.69, 9.17) is 10.2 Å². The van der Waals surface area contributed by atoms with E-state index >= 15 is 0 Å². The first-order valence-electron chi connectivity index (χ1n) is 3.34. The van der Waals surface area contributed by atoms with E-state index < -0.39 is 0 Å². The predicted octanol–water partition coefficient (Wildman–Crippen LogP) is 0.862. The summed E-state index contributed by atoms with van der Waals surface area (Å²) in [6, 6.07) is 0.437. The quantitative estimate of drug-likeness (QED) is 0.630. The summed E-state index contributed by atoms with van der Waals surface area (Å²) in [6.45, 7) is 5.98. The van der Waals surface area contributed by atoms with Crippen molar-refractivity contribution < 1.29 is 4.42 Å². The minimum Gasteiger partial charge on any atom is -0.390 e. The average molecular weight is 156 g/mol. The maximum Gasteiger partial charge on any atom is 0.317 e. The van der Waals surface area contributed by atoms with Gasteiger partial charge in [-0.05, 0) is 20.8 Å². The second kappa shape index (κ2) is 2.41. The van der Waals surface area contributed by atoms with Crippen LogP contribution in [0, 0.1) is 0 Å². The molecule has 0 aromatic carbocycles. The fourth-order valence-electron chi connectivity index (χ4n) is 0.606. The summed E-state index contributed by atoms with van der Waals surface area (Å²) < 4.78 is 4.90. The van der Waals surface area contributed by atoms with Crippen molar-refractivity contribution in [2.75, 3.05) is 11.1 Å². The van der Waals surface area contributed by atoms with Crippen LogP contribution in [0.5, 0.6) is 0 Å². The zero-order valence-electron chi connectivity index (χ0n) is 6.88. The molecule has 62 valence electrons. The summed E-state index contributed by atoms with van der Waals surface area (Å²) in [5, 5.41) is 10.1. The minimum atomic E-state index is -0.0844. The standard InChI is InChI=1S/C6H12N4O/c1-6(2,3)8-5-10-9-4(7)11-5/h1-3H3,(H2,7,9)(H,8,10). The number of anilines is 2. The molecule has 0 amide bonds. The lowest BCUT2D eigenvalue weighted by atomic mass is 10.1. The lowest BCUT2D eigenvalue weighted by Crippen LogP contribution is -2.26. The van der Waals surface area contributed by atoms with Crippen molar-refractivity contribution in [3.05, 3.63) is 0 Å². The molecule has 11 heavy (non-hydrogen) atoms. The van der Waals surface area contributed by atoms with Crippen LogP contribution in [0.15, 0.2) is 4.42 Å². The number of nitrogen functional groups attached to an aromatic ring is 1. The second-order valence-corrected chi connectivity index (χ2v) is 3.32. The molecule has 0 saturated heterocycles. The van der Waals surface area contributed by atoms with Gasteiger partial charge in [0.15, 0.2) is 0 Å². The van der Waals surface area contributed by atoms with Crippen LogP contribution >= 0.6 is 0 Å². The van der Waals surface area contributed by atoms with Crippen LogP contribution in [0.1, 0.15) is 20.8 Å². The van der Waals surface area contributed by atoms with Gasteiger partial charge in [-0.25, -0.2) is 0 Å². The lowest BCUT2D eigenvalue weighted by molar-refractivity contribution is 0.541. The van der Waals surface area contributed by atoms with E-state index in [0.717, 1.165) is 0 Å². The molecule has 0 radical (unpaired) electrons. The van der Waals surface area contributed by atoms with E-state index in [1.807, 2.05) is 20.8 Å². The fraction of sp³-hybridized carbons (Fsp3) is 0.667. The molecular weight excluding hydrogens is 144 g/mol. The van der Waals surface area contributed by atoms with Crippen LogP contribution < -0.4 is 11.1 Å². The number of aromatic nitrogens is 2. The third kappa shape index (κ3) is 2.45. The lowest BCUT2D eigenvalue weighted by Gasteiger charge is -2.17. The van der Waals surface area contributed by atoms with E-state index in [1.54, 1.807) is 0 Å². The Morgan fingerprint density at radius 3 is 2.36 bits per heavy atom. The molecule has 0 spiro atoms. The Morgan fingerprint density at radius 2 is 2.00 bits per heavy atom. The summed E-state index contributed by atoms with van der Waals surface area (Å²) in [4.78, 5) is 0. The van der Waals surface area contributed by atoms with Gasteiger partial charge in [-0.2, -0.15) is 0 Å². The first-order chi connectivity index (χ1) is 4.97. The Kier molecular flexibility index (Phi) is 1.72. The zero-order chi connectivity index (χ0) is 8.48. The van der Waals surface area contributed by atoms with Crippen LogP contribution in [-0.4, -0.2) is 15.7 Å². The van der Waals surface area contributed by atoms with E-state index in [-0.39, 0.29) is 11.6 Å². The number of nitrogens with one attached hydrogen (secondary N) is 1. The molecule has 3 N–H and O–H groups in total. The summed E-state index contributed by atoms with van der Waals surface area (Å²) in [5.74, 6) is 0. The Bertz CT molecular complexity index is 237. The van der Waals surface area contributed by atoms with Gasteiger partial charge in [0, 0.05) is 5.54 Å². The number of nitrogens with zero attached hydrogens (tertiary/aromatic N) is 2. The molecule has 5 heteroatoms. The molecule has 0 aliphatic heterocycles. The molecule has 0 saturated carbocycles. The van der Waals surface area contributed by atoms with Crippen molar-refractivity contribution in [1.29, 1.82) is 0 Å². The van der Waals surface area contributed by atoms with Crippen LogP contribution in [0.2, 0.25) is 0 Å². The maximum atomic E-state index is 5.22. The summed E-state index contributed by atoms with van der Waals surface area (Å²) in [7, 11) is 0. The highest BCUT2D eigenvalue weighted by Gasteiger charge is 2.12. The molecule has 0 unspecified atom stereocenters. The molecule has 0 fully saturated rings. The van der Waals surface area contributed by atoms with Crippen molar-refractivity contribution in [2.24, 2.45) is 0 Å². The van der Waals surface area contributed by atoms with Crippen molar-refractivity contribution in [2.45, 2.75) is 26.3 Å². The van der Waals surface area contributed by atoms with Gasteiger partial charge < -0.3 is 15.5 Å². The molecule has 1 aromatic rings. The van der Waals surface area contributed by atoms with Gasteiger partial charge in [0.2, 0.25) is 0 Å². The smallest absolute Gasteiger partial charge is 0.317 e. The Balaban J connectivity index is 2.65. The minimum absolute atomic E-state index is 0.0803. The van der Waals surface area contributed by atoms with Gasteiger partial charge in [-0.15, -0.1) is 0 Å². The summed E-state index contributed by atoms with van der Waals surface area (Å²) >= 11 is 0. The highest BCUT2D eigenvalue weighted by molar-refractivity contribution is 5.25. The van der Waals surface area contributed by atoms with E-state index in [0.29, 0.717) is 6.01 Å². The first kappa shape index (κ1) is 7.84. The van der Waals surface area contributed by atoms with Gasteiger partial charge in [0.1, 0.15) is 0 Å². The van der Waals surface area contributed by atoms with Crippen molar-refractivity contribution in [3.8, 4) is 0 Å². The van der Waals surface area contributed by atoms with Gasteiger partial charge in [0.05, 0.1) is 0 Å². The van der Waals surface area contributed by atoms with Gasteiger partial charge >= 0.3 is 12.0 Å². The third-order valence-electron chi connectivity index (χ3n) is 0.923. The maximum absolute atomic E-state index is 5.22. The topological polar surface area (TPSA) is 77.0 Å². The fourth-order valence-corrected chi connectivity index (χ4v) is 0.606. The molecule has 0 aliphatic carbocycles. The second-order valence-electron chi connectivity index (χ2n) is 3.32. The zero-order valence-corrected chi connectivity index (χ0v) is 6.88. The van der Waals surface area contributed by atoms with Crippen LogP contribution in [0.25, 0.3) is 0 Å². The molecule has 1 aromatic heterocycles. The van der Waals surface area contributed by atoms with Crippen LogP contribution in [-0.2, 0) is 0 Å². The van der Waals surface area contributed by atoms with E-state index in [1.165, 1.54) is 0 Å². The average Bonchev–Trinajstić information content (AvgIpc) is 2.10. The third-order valence-corrected chi connectivity index (χ3v) is 0.923. The normalized spacial score (nSPS) is 11.5. The molecule has 1 rings (SSSR count). The first-order valence-corrected chi connectivity index (χ1v) is 3.34. The molecule has 0 aliphatic rings. The van der Waals surface area contributed by atoms with Gasteiger partial charge in [-0.1, -0.05) is 10.2 Å². The van der Waals surface area contributed by atoms with E-state index in [2.05, 4.69) is 15.5 Å². The van der Waals surface area contributed by atoms with Gasteiger partial charge in [0.25, 0.3) is 0 Å². The number of hydrogen-bond acceptors (Lipinski definition) is 5. The van der Waals surface area contributed by atoms with E-state index in [9.17, 15) is 0 Å². The Hall–Kier alpha value is -1.26. The van der Waals surface area contributed by atoms with Crippen molar-refractivity contribution >= 4 is 12.0 Å². The largest absolute Gasteiger partial charge is 0.390 e. The van der Waals surface area contributed by atoms with Gasteiger partial charge in [-0.3, -0.25) is 0 Å². The molecule has 0 bridgehead atoms. The van der Waals surface area contributed by atoms with Crippen LogP contribution in [0.3, 0.4) is 0 Å². The predicted molar refractivity (Wildman–Crippen MR) is 42.1 cm³/mol. The molecule has 0 atom stereocenters. The van der Waals surface area contributed by atoms with Crippen molar-refractivity contribution in [3.63, 3.8) is 0 Å². The molecule has 1 heterocycles. The summed E-state index contributed by atoms with van der Waals surface area (Å²) in [6.07, 6.45) is 0. The van der Waals surface area contributed by atoms with Crippen molar-refractivity contribution in [1.82, 2.24) is 10.2 Å². The number of rotatable bonds is 1. The summed E-state index contributed by atoms with van der Waals surface area (Å²) in [5.41, 5.74) is 5.13. The SMILES string of the molecule is CC(C)(C)Nc1nnc(N)o1. The Morgan fingerprint density at radius 1 is 1.36 bits per heavy atom. The monoisotopic (exact) mass is 156 g/mol. The highest BCUT2D eigenvalue weighted by Crippen LogP contribution is 2.12. The molecule has 5 nitrogen and oxygen atoms in total. The number of hydrogen-bond donors (Lipinski definition) is 2.